The van der Waals surface area contributed by atoms with Gasteiger partial charge in [0.15, 0.2) is 5.78 Å². The molecular weight excluding hydrogens is 564 g/mol. The molecule has 1 aliphatic heterocycles. The number of amides is 1. The van der Waals surface area contributed by atoms with Crippen LogP contribution in [0.5, 0.6) is 5.75 Å². The predicted molar refractivity (Wildman–Crippen MR) is 175 cm³/mol. The molecule has 4 rings (SSSR count). The molecule has 0 atom stereocenters. The Morgan fingerprint density at radius 1 is 1.02 bits per heavy atom. The van der Waals surface area contributed by atoms with Crippen LogP contribution in [0.15, 0.2) is 52.1 Å². The van der Waals surface area contributed by atoms with Crippen LogP contribution in [0.25, 0.3) is 11.1 Å². The number of hydrogen-bond donors (Lipinski definition) is 1. The average Bonchev–Trinajstić information content (AvgIpc) is 2.98. The Morgan fingerprint density at radius 2 is 1.70 bits per heavy atom. The van der Waals surface area contributed by atoms with E-state index < -0.39 is 0 Å². The molecule has 0 saturated heterocycles. The topological polar surface area (TPSA) is 83.5 Å². The minimum Gasteiger partial charge on any atom is -0.491 e. The highest BCUT2D eigenvalue weighted by Gasteiger charge is 2.29. The molecule has 1 aliphatic carbocycles. The summed E-state index contributed by atoms with van der Waals surface area (Å²) in [6.45, 7) is 7.84. The van der Waals surface area contributed by atoms with E-state index in [1.54, 1.807) is 14.0 Å². The van der Waals surface area contributed by atoms with Gasteiger partial charge in [-0.1, -0.05) is 23.7 Å². The zero-order chi connectivity index (χ0) is 31.1. The van der Waals surface area contributed by atoms with Gasteiger partial charge in [-0.2, -0.15) is 0 Å². The highest BCUT2D eigenvalue weighted by atomic mass is 35.5. The third-order valence-corrected chi connectivity index (χ3v) is 8.89. The molecule has 1 heterocycles. The maximum atomic E-state index is 13.7. The summed E-state index contributed by atoms with van der Waals surface area (Å²) in [4.78, 5) is 35.4. The third-order valence-electron chi connectivity index (χ3n) is 8.57. The van der Waals surface area contributed by atoms with Gasteiger partial charge in [-0.05, 0) is 102 Å². The van der Waals surface area contributed by atoms with Gasteiger partial charge >= 0.3 is 0 Å². The summed E-state index contributed by atoms with van der Waals surface area (Å²) in [7, 11) is 5.97. The van der Waals surface area contributed by atoms with Crippen molar-refractivity contribution in [3.63, 3.8) is 0 Å². The van der Waals surface area contributed by atoms with E-state index >= 15 is 0 Å². The lowest BCUT2D eigenvalue weighted by atomic mass is 9.88. The molecule has 0 radical (unpaired) electrons. The number of carbonyl (C=O) groups excluding carboxylic acids is 2. The van der Waals surface area contributed by atoms with Crippen LogP contribution in [0.1, 0.15) is 61.9 Å². The van der Waals surface area contributed by atoms with E-state index in [0.29, 0.717) is 42.1 Å². The van der Waals surface area contributed by atoms with Gasteiger partial charge in [0, 0.05) is 55.7 Å². The van der Waals surface area contributed by atoms with Gasteiger partial charge in [-0.3, -0.25) is 9.59 Å². The summed E-state index contributed by atoms with van der Waals surface area (Å²) in [6.07, 6.45) is 4.72. The summed E-state index contributed by atoms with van der Waals surface area (Å²) in [5.41, 5.74) is 5.50. The van der Waals surface area contributed by atoms with Gasteiger partial charge in [-0.25, -0.2) is 4.99 Å². The van der Waals surface area contributed by atoms with Gasteiger partial charge in [0.2, 0.25) is 0 Å². The maximum Gasteiger partial charge on any atom is 0.251 e. The van der Waals surface area contributed by atoms with Crippen LogP contribution in [0.4, 0.5) is 5.69 Å². The number of ether oxygens (including phenoxy) is 2. The van der Waals surface area contributed by atoms with Crippen molar-refractivity contribution in [1.82, 2.24) is 10.2 Å². The molecule has 9 heteroatoms. The fourth-order valence-electron chi connectivity index (χ4n) is 6.06. The summed E-state index contributed by atoms with van der Waals surface area (Å²) in [6, 6.07) is 13.1. The molecule has 2 aromatic carbocycles. The molecule has 1 N–H and O–H groups in total. The van der Waals surface area contributed by atoms with Crippen LogP contribution in [0.3, 0.4) is 0 Å². The number of nitrogens with zero attached hydrogens (tertiary/aromatic N) is 3. The highest BCUT2D eigenvalue weighted by Crippen LogP contribution is 2.36. The summed E-state index contributed by atoms with van der Waals surface area (Å²) >= 11 is 6.29. The van der Waals surface area contributed by atoms with E-state index in [4.69, 9.17) is 21.1 Å². The summed E-state index contributed by atoms with van der Waals surface area (Å²) < 4.78 is 10.9. The van der Waals surface area contributed by atoms with Crippen molar-refractivity contribution in [1.29, 1.82) is 0 Å². The quantitative estimate of drug-likeness (QED) is 0.235. The van der Waals surface area contributed by atoms with Crippen LogP contribution >= 0.6 is 11.6 Å². The minimum absolute atomic E-state index is 0.0336. The Hall–Kier alpha value is -3.20. The Morgan fingerprint density at radius 3 is 2.30 bits per heavy atom. The van der Waals surface area contributed by atoms with Gasteiger partial charge in [0.05, 0.1) is 12.2 Å². The second kappa shape index (κ2) is 15.0. The SMILES string of the molecule is CCN(c1cc(-c2ccc(OCCOC)cc2)cc(C(=O)NCC2=C(Cl)N=C(C)CC2=O)c1C)C1CCC(N(C)C)CC1. The van der Waals surface area contributed by atoms with E-state index in [1.807, 2.05) is 37.3 Å². The molecular formula is C34H45ClN4O4. The molecule has 0 bridgehead atoms. The number of carbonyl (C=O) groups is 2. The van der Waals surface area contributed by atoms with Crippen LogP contribution in [-0.2, 0) is 9.53 Å². The number of Topliss-reactive ketones (excluding diaryl/α,β-unsaturated/α-hetero) is 1. The normalized spacial score (nSPS) is 19.0. The molecule has 1 fully saturated rings. The molecule has 2 aromatic rings. The number of nitrogens with one attached hydrogen (secondary N) is 1. The number of rotatable bonds is 12. The lowest BCUT2D eigenvalue weighted by Gasteiger charge is -2.40. The number of anilines is 1. The average molecular weight is 609 g/mol. The molecule has 1 amide bonds. The maximum absolute atomic E-state index is 13.7. The fourth-order valence-corrected chi connectivity index (χ4v) is 6.38. The highest BCUT2D eigenvalue weighted by molar-refractivity contribution is 6.34. The van der Waals surface area contributed by atoms with Crippen molar-refractivity contribution in [3.8, 4) is 16.9 Å². The smallest absolute Gasteiger partial charge is 0.251 e. The van der Waals surface area contributed by atoms with Gasteiger partial charge < -0.3 is 24.6 Å². The number of benzene rings is 2. The summed E-state index contributed by atoms with van der Waals surface area (Å²) in [5, 5.41) is 3.11. The minimum atomic E-state index is -0.247. The fraction of sp³-hybridized carbons (Fsp3) is 0.500. The molecule has 8 nitrogen and oxygen atoms in total. The molecule has 0 aromatic heterocycles. The molecule has 43 heavy (non-hydrogen) atoms. The standard InChI is InChI=1S/C34H45ClN4O4/c1-7-39(27-12-10-26(11-13-27)38(4)5)31-20-25(24-8-14-28(15-9-24)43-17-16-42-6)19-29(23(31)3)34(41)36-21-30-32(40)18-22(2)37-33(30)35/h8-9,14-15,19-20,26-27H,7,10-13,16-18,21H2,1-6H3,(H,36,41). The van der Waals surface area contributed by atoms with E-state index in [0.717, 1.165) is 60.4 Å². The first-order chi connectivity index (χ1) is 20.6. The zero-order valence-corrected chi connectivity index (χ0v) is 27.1. The van der Waals surface area contributed by atoms with E-state index in [1.165, 1.54) is 0 Å². The lowest BCUT2D eigenvalue weighted by Crippen LogP contribution is -2.42. The first kappa shape index (κ1) is 32.7. The molecule has 1 saturated carbocycles. The monoisotopic (exact) mass is 608 g/mol. The van der Waals surface area contributed by atoms with Crippen molar-refractivity contribution in [2.45, 2.75) is 65.0 Å². The molecule has 0 spiro atoms. The number of halogens is 1. The van der Waals surface area contributed by atoms with Crippen LogP contribution in [-0.4, -0.2) is 81.9 Å². The zero-order valence-electron chi connectivity index (χ0n) is 26.3. The van der Waals surface area contributed by atoms with Crippen LogP contribution < -0.4 is 15.0 Å². The van der Waals surface area contributed by atoms with Crippen molar-refractivity contribution in [2.24, 2.45) is 4.99 Å². The van der Waals surface area contributed by atoms with E-state index in [2.05, 4.69) is 47.2 Å². The van der Waals surface area contributed by atoms with Gasteiger partial charge in [-0.15, -0.1) is 0 Å². The Kier molecular flexibility index (Phi) is 11.4. The number of ketones is 1. The van der Waals surface area contributed by atoms with E-state index in [9.17, 15) is 9.59 Å². The third kappa shape index (κ3) is 8.05. The van der Waals surface area contributed by atoms with Crippen molar-refractivity contribution >= 4 is 34.7 Å². The van der Waals surface area contributed by atoms with Crippen molar-refractivity contribution < 1.29 is 19.1 Å². The second-order valence-electron chi connectivity index (χ2n) is 11.6. The number of hydrogen-bond acceptors (Lipinski definition) is 7. The van der Waals surface area contributed by atoms with Crippen LogP contribution in [0.2, 0.25) is 0 Å². The van der Waals surface area contributed by atoms with Crippen molar-refractivity contribution in [3.05, 3.63) is 58.3 Å². The van der Waals surface area contributed by atoms with Crippen LogP contribution in [0, 0.1) is 6.92 Å². The first-order valence-corrected chi connectivity index (χ1v) is 15.5. The number of aliphatic imine (C=N–C) groups is 1. The lowest BCUT2D eigenvalue weighted by molar-refractivity contribution is -0.114. The Bertz CT molecular complexity index is 1360. The molecule has 232 valence electrons. The summed E-state index contributed by atoms with van der Waals surface area (Å²) in [5.74, 6) is 0.407. The van der Waals surface area contributed by atoms with E-state index in [-0.39, 0.29) is 29.8 Å². The van der Waals surface area contributed by atoms with Gasteiger partial charge in [0.1, 0.15) is 17.5 Å². The Balaban J connectivity index is 1.67. The van der Waals surface area contributed by atoms with Gasteiger partial charge in [0.25, 0.3) is 5.91 Å². The number of methoxy groups -OCH3 is 1. The second-order valence-corrected chi connectivity index (χ2v) is 12.0. The Labute approximate surface area is 261 Å². The molecule has 0 unspecified atom stereocenters. The largest absolute Gasteiger partial charge is 0.491 e. The first-order valence-electron chi connectivity index (χ1n) is 15.2. The van der Waals surface area contributed by atoms with Crippen molar-refractivity contribution in [2.75, 3.05) is 52.4 Å². The molecule has 2 aliphatic rings. The predicted octanol–water partition coefficient (Wildman–Crippen LogP) is 6.00.